The van der Waals surface area contributed by atoms with Gasteiger partial charge in [-0.2, -0.15) is 0 Å². The van der Waals surface area contributed by atoms with Gasteiger partial charge in [-0.15, -0.1) is 0 Å². The Morgan fingerprint density at radius 1 is 1.14 bits per heavy atom. The molecule has 0 unspecified atom stereocenters. The number of carbonyl (C=O) groups is 3. The van der Waals surface area contributed by atoms with Crippen LogP contribution < -0.4 is 9.47 Å². The Bertz CT molecular complexity index is 1380. The Balaban J connectivity index is 1.58. The number of hydrogen-bond acceptors (Lipinski definition) is 6. The third-order valence-electron chi connectivity index (χ3n) is 5.01. The zero-order valence-electron chi connectivity index (χ0n) is 18.8. The molecule has 1 aliphatic rings. The topological polar surface area (TPSA) is 72.9 Å². The molecule has 3 aromatic carbocycles. The summed E-state index contributed by atoms with van der Waals surface area (Å²) in [5.41, 5.74) is 1.46. The lowest BCUT2D eigenvalue weighted by Crippen LogP contribution is -2.27. The quantitative estimate of drug-likeness (QED) is 0.166. The van der Waals surface area contributed by atoms with Crippen molar-refractivity contribution in [2.45, 2.75) is 13.5 Å². The maximum absolute atomic E-state index is 13.2. The number of imide groups is 1. The number of rotatable bonds is 7. The van der Waals surface area contributed by atoms with Crippen molar-refractivity contribution in [1.29, 1.82) is 0 Å². The number of hydrogen-bond donors (Lipinski definition) is 0. The van der Waals surface area contributed by atoms with Crippen molar-refractivity contribution in [2.24, 2.45) is 0 Å². The molecule has 0 atom stereocenters. The van der Waals surface area contributed by atoms with E-state index in [0.29, 0.717) is 27.2 Å². The summed E-state index contributed by atoms with van der Waals surface area (Å²) in [5, 5.41) is -0.0241. The second kappa shape index (κ2) is 11.3. The number of thioether (sulfide) groups is 1. The molecule has 0 saturated carbocycles. The number of carbonyl (C=O) groups excluding carboxylic acids is 3. The molecule has 0 radical (unpaired) electrons. The fourth-order valence-electron chi connectivity index (χ4n) is 3.36. The molecule has 0 aromatic heterocycles. The van der Waals surface area contributed by atoms with Gasteiger partial charge >= 0.3 is 5.97 Å². The zero-order valence-corrected chi connectivity index (χ0v) is 22.0. The Labute approximate surface area is 224 Å². The lowest BCUT2D eigenvalue weighted by Gasteiger charge is -2.14. The second-order valence-corrected chi connectivity index (χ2v) is 9.84. The lowest BCUT2D eigenvalue weighted by atomic mass is 10.1. The van der Waals surface area contributed by atoms with Gasteiger partial charge < -0.3 is 9.47 Å². The van der Waals surface area contributed by atoms with Crippen LogP contribution in [0.3, 0.4) is 0 Å². The number of halogens is 3. The van der Waals surface area contributed by atoms with Crippen molar-refractivity contribution in [3.05, 3.63) is 97.6 Å². The summed E-state index contributed by atoms with van der Waals surface area (Å²) in [4.78, 5) is 39.3. The molecule has 0 aliphatic carbocycles. The summed E-state index contributed by atoms with van der Waals surface area (Å²) in [7, 11) is 0. The molecule has 3 aromatic rings. The van der Waals surface area contributed by atoms with E-state index in [0.717, 1.165) is 16.7 Å². The van der Waals surface area contributed by atoms with E-state index in [-0.39, 0.29) is 28.5 Å². The molecule has 36 heavy (non-hydrogen) atoms. The van der Waals surface area contributed by atoms with Crippen LogP contribution in [0.1, 0.15) is 28.4 Å². The molecular weight excluding hydrogens is 573 g/mol. The van der Waals surface area contributed by atoms with Gasteiger partial charge in [0, 0.05) is 5.02 Å². The van der Waals surface area contributed by atoms with Crippen LogP contribution in [0.2, 0.25) is 5.02 Å². The van der Waals surface area contributed by atoms with Crippen LogP contribution in [0.4, 0.5) is 9.18 Å². The van der Waals surface area contributed by atoms with Crippen LogP contribution in [-0.2, 0) is 11.3 Å². The fraction of sp³-hybridized carbons (Fsp3) is 0.115. The number of ether oxygens (including phenoxy) is 2. The molecule has 10 heteroatoms. The van der Waals surface area contributed by atoms with Crippen molar-refractivity contribution in [1.82, 2.24) is 4.90 Å². The van der Waals surface area contributed by atoms with Gasteiger partial charge in [-0.25, -0.2) is 9.18 Å². The third kappa shape index (κ3) is 5.98. The Morgan fingerprint density at radius 2 is 1.89 bits per heavy atom. The second-order valence-electron chi connectivity index (χ2n) is 7.56. The lowest BCUT2D eigenvalue weighted by molar-refractivity contribution is -0.123. The van der Waals surface area contributed by atoms with E-state index in [1.165, 1.54) is 30.3 Å². The predicted octanol–water partition coefficient (Wildman–Crippen LogP) is 7.10. The first-order chi connectivity index (χ1) is 17.2. The summed E-state index contributed by atoms with van der Waals surface area (Å²) < 4.78 is 24.8. The average Bonchev–Trinajstić information content (AvgIpc) is 3.10. The number of esters is 1. The Morgan fingerprint density at radius 3 is 2.58 bits per heavy atom. The van der Waals surface area contributed by atoms with Crippen molar-refractivity contribution >= 4 is 62.5 Å². The van der Waals surface area contributed by atoms with E-state index in [2.05, 4.69) is 15.9 Å². The highest BCUT2D eigenvalue weighted by Gasteiger charge is 2.35. The Hall–Kier alpha value is -3.14. The molecule has 1 fully saturated rings. The van der Waals surface area contributed by atoms with Crippen LogP contribution in [0.15, 0.2) is 70.0 Å². The van der Waals surface area contributed by atoms with Gasteiger partial charge in [0.25, 0.3) is 11.1 Å². The molecule has 1 heterocycles. The van der Waals surface area contributed by atoms with E-state index in [1.54, 1.807) is 43.3 Å². The molecule has 0 spiro atoms. The van der Waals surface area contributed by atoms with Crippen LogP contribution in [0.5, 0.6) is 11.5 Å². The Kier molecular flexibility index (Phi) is 8.13. The van der Waals surface area contributed by atoms with Crippen molar-refractivity contribution in [3.63, 3.8) is 0 Å². The summed E-state index contributed by atoms with van der Waals surface area (Å²) in [5.74, 6) is -1.03. The van der Waals surface area contributed by atoms with Gasteiger partial charge in [0.05, 0.1) is 28.1 Å². The molecule has 6 nitrogen and oxygen atoms in total. The van der Waals surface area contributed by atoms with Gasteiger partial charge in [-0.3, -0.25) is 14.5 Å². The number of nitrogens with zero attached hydrogens (tertiary/aromatic N) is 1. The summed E-state index contributed by atoms with van der Waals surface area (Å²) in [6, 6.07) is 15.2. The number of benzene rings is 3. The third-order valence-corrected chi connectivity index (χ3v) is 6.74. The van der Waals surface area contributed by atoms with Gasteiger partial charge in [-0.05, 0) is 94.3 Å². The van der Waals surface area contributed by atoms with E-state index < -0.39 is 22.9 Å². The minimum absolute atomic E-state index is 0.0363. The number of amides is 2. The largest absolute Gasteiger partial charge is 0.490 e. The van der Waals surface area contributed by atoms with E-state index in [4.69, 9.17) is 21.1 Å². The maximum atomic E-state index is 13.2. The molecule has 1 aliphatic heterocycles. The molecule has 2 amide bonds. The predicted molar refractivity (Wildman–Crippen MR) is 140 cm³/mol. The minimum Gasteiger partial charge on any atom is -0.490 e. The highest BCUT2D eigenvalue weighted by atomic mass is 79.9. The van der Waals surface area contributed by atoms with Crippen molar-refractivity contribution < 1.29 is 28.2 Å². The van der Waals surface area contributed by atoms with Crippen molar-refractivity contribution in [3.8, 4) is 11.5 Å². The highest BCUT2D eigenvalue weighted by molar-refractivity contribution is 9.10. The smallest absolute Gasteiger partial charge is 0.343 e. The fourth-order valence-corrected chi connectivity index (χ4v) is 4.93. The van der Waals surface area contributed by atoms with Crippen LogP contribution in [-0.4, -0.2) is 28.6 Å². The summed E-state index contributed by atoms with van der Waals surface area (Å²) in [6.07, 6.45) is 1.56. The van der Waals surface area contributed by atoms with Gasteiger partial charge in [0.15, 0.2) is 11.5 Å². The molecule has 0 N–H and O–H groups in total. The summed E-state index contributed by atoms with van der Waals surface area (Å²) in [6.45, 7) is 2.12. The molecule has 184 valence electrons. The first-order valence-electron chi connectivity index (χ1n) is 10.7. The molecule has 4 rings (SSSR count). The van der Waals surface area contributed by atoms with Gasteiger partial charge in [0.2, 0.25) is 0 Å². The monoisotopic (exact) mass is 589 g/mol. The first kappa shape index (κ1) is 25.9. The van der Waals surface area contributed by atoms with E-state index in [1.807, 2.05) is 0 Å². The SMILES string of the molecule is CCOc1cc(/C=C2\SC(=O)N(Cc3ccc(F)cc3)C2=O)cc(Br)c1OC(=O)c1cccc(Cl)c1. The molecule has 0 bridgehead atoms. The average molecular weight is 591 g/mol. The summed E-state index contributed by atoms with van der Waals surface area (Å²) >= 11 is 10.2. The van der Waals surface area contributed by atoms with Gasteiger partial charge in [-0.1, -0.05) is 29.8 Å². The van der Waals surface area contributed by atoms with E-state index in [9.17, 15) is 18.8 Å². The van der Waals surface area contributed by atoms with Crippen LogP contribution in [0, 0.1) is 5.82 Å². The van der Waals surface area contributed by atoms with Crippen LogP contribution in [0.25, 0.3) is 6.08 Å². The molecular formula is C26H18BrClFNO5S. The minimum atomic E-state index is -0.617. The zero-order chi connectivity index (χ0) is 25.8. The van der Waals surface area contributed by atoms with Gasteiger partial charge in [0.1, 0.15) is 5.82 Å². The van der Waals surface area contributed by atoms with E-state index >= 15 is 0 Å². The standard InChI is InChI=1S/C26H18BrClFNO5S/c1-2-34-21-11-16(10-20(27)23(21)35-25(32)17-4-3-5-18(28)13-17)12-22-24(31)30(26(33)36-22)14-15-6-8-19(29)9-7-15/h3-13H,2,14H2,1H3/b22-12-. The maximum Gasteiger partial charge on any atom is 0.343 e. The van der Waals surface area contributed by atoms with Crippen LogP contribution >= 0.6 is 39.3 Å². The van der Waals surface area contributed by atoms with Crippen molar-refractivity contribution in [2.75, 3.05) is 6.61 Å². The first-order valence-corrected chi connectivity index (χ1v) is 12.7. The highest BCUT2D eigenvalue weighted by Crippen LogP contribution is 2.40. The molecule has 1 saturated heterocycles. The normalized spacial score (nSPS) is 14.4.